The highest BCUT2D eigenvalue weighted by atomic mass is 16.5. The van der Waals surface area contributed by atoms with Crippen LogP contribution in [0.15, 0.2) is 4.52 Å². The van der Waals surface area contributed by atoms with Crippen molar-refractivity contribution in [3.05, 3.63) is 34.0 Å². The summed E-state index contributed by atoms with van der Waals surface area (Å²) in [7, 11) is 0. The number of aromatic amines is 1. The van der Waals surface area contributed by atoms with E-state index in [4.69, 9.17) is 4.52 Å². The zero-order valence-corrected chi connectivity index (χ0v) is 11.5. The van der Waals surface area contributed by atoms with E-state index in [0.717, 1.165) is 41.2 Å². The van der Waals surface area contributed by atoms with Gasteiger partial charge >= 0.3 is 0 Å². The molecule has 106 valence electrons. The molecule has 1 amide bonds. The number of H-pyrrole nitrogens is 1. The van der Waals surface area contributed by atoms with Crippen molar-refractivity contribution in [1.29, 1.82) is 0 Å². The monoisotopic (exact) mass is 275 g/mol. The SMILES string of the molecule is Cc1noc(C)c1CNC(=O)c1n[nH]c2c1CNCC2. The molecule has 0 aromatic carbocycles. The summed E-state index contributed by atoms with van der Waals surface area (Å²) in [6.07, 6.45) is 0.874. The van der Waals surface area contributed by atoms with Crippen LogP contribution in [0.4, 0.5) is 0 Å². The van der Waals surface area contributed by atoms with Gasteiger partial charge in [-0.05, 0) is 13.8 Å². The Morgan fingerprint density at radius 1 is 1.45 bits per heavy atom. The van der Waals surface area contributed by atoms with Crippen molar-refractivity contribution >= 4 is 5.91 Å². The largest absolute Gasteiger partial charge is 0.361 e. The van der Waals surface area contributed by atoms with Gasteiger partial charge in [-0.15, -0.1) is 0 Å². The van der Waals surface area contributed by atoms with E-state index in [1.165, 1.54) is 0 Å². The van der Waals surface area contributed by atoms with Crippen LogP contribution < -0.4 is 10.6 Å². The van der Waals surface area contributed by atoms with Gasteiger partial charge in [-0.2, -0.15) is 5.10 Å². The third-order valence-corrected chi connectivity index (χ3v) is 3.63. The predicted octanol–water partition coefficient (Wildman–Crippen LogP) is 0.590. The topological polar surface area (TPSA) is 95.8 Å². The molecule has 0 aliphatic carbocycles. The lowest BCUT2D eigenvalue weighted by Crippen LogP contribution is -2.28. The van der Waals surface area contributed by atoms with Gasteiger partial charge in [0.15, 0.2) is 5.69 Å². The first-order valence-electron chi connectivity index (χ1n) is 6.63. The number of aryl methyl sites for hydroxylation is 2. The van der Waals surface area contributed by atoms with E-state index in [1.807, 2.05) is 13.8 Å². The van der Waals surface area contributed by atoms with E-state index in [2.05, 4.69) is 26.0 Å². The first-order chi connectivity index (χ1) is 9.66. The molecule has 0 saturated heterocycles. The quantitative estimate of drug-likeness (QED) is 0.762. The van der Waals surface area contributed by atoms with Crippen LogP contribution >= 0.6 is 0 Å². The van der Waals surface area contributed by atoms with E-state index < -0.39 is 0 Å². The van der Waals surface area contributed by atoms with E-state index in [0.29, 0.717) is 18.8 Å². The summed E-state index contributed by atoms with van der Waals surface area (Å²) in [6, 6.07) is 0. The van der Waals surface area contributed by atoms with Gasteiger partial charge in [-0.25, -0.2) is 0 Å². The smallest absolute Gasteiger partial charge is 0.272 e. The van der Waals surface area contributed by atoms with Crippen molar-refractivity contribution in [2.24, 2.45) is 0 Å². The van der Waals surface area contributed by atoms with Crippen LogP contribution in [0.25, 0.3) is 0 Å². The van der Waals surface area contributed by atoms with Crippen LogP contribution in [0, 0.1) is 13.8 Å². The molecule has 0 saturated carbocycles. The van der Waals surface area contributed by atoms with Crippen LogP contribution in [-0.2, 0) is 19.5 Å². The Kier molecular flexibility index (Phi) is 3.27. The number of aromatic nitrogens is 3. The Balaban J connectivity index is 1.72. The summed E-state index contributed by atoms with van der Waals surface area (Å²) in [4.78, 5) is 12.2. The Hall–Kier alpha value is -2.15. The Labute approximate surface area is 116 Å². The molecule has 20 heavy (non-hydrogen) atoms. The lowest BCUT2D eigenvalue weighted by atomic mass is 10.1. The van der Waals surface area contributed by atoms with Crippen LogP contribution in [0.5, 0.6) is 0 Å². The molecule has 2 aromatic rings. The molecule has 3 heterocycles. The molecule has 1 aliphatic rings. The highest BCUT2D eigenvalue weighted by Gasteiger charge is 2.21. The number of amides is 1. The first-order valence-corrected chi connectivity index (χ1v) is 6.63. The molecule has 0 fully saturated rings. The number of hydrogen-bond donors (Lipinski definition) is 3. The van der Waals surface area contributed by atoms with E-state index >= 15 is 0 Å². The maximum Gasteiger partial charge on any atom is 0.272 e. The molecule has 0 radical (unpaired) electrons. The number of carbonyl (C=O) groups excluding carboxylic acids is 1. The fourth-order valence-corrected chi connectivity index (χ4v) is 2.42. The molecule has 1 aliphatic heterocycles. The lowest BCUT2D eigenvalue weighted by Gasteiger charge is -2.12. The van der Waals surface area contributed by atoms with Crippen LogP contribution in [0.3, 0.4) is 0 Å². The number of rotatable bonds is 3. The minimum Gasteiger partial charge on any atom is -0.361 e. The number of nitrogens with one attached hydrogen (secondary N) is 3. The Morgan fingerprint density at radius 3 is 3.05 bits per heavy atom. The van der Waals surface area contributed by atoms with Crippen molar-refractivity contribution in [2.75, 3.05) is 6.54 Å². The fraction of sp³-hybridized carbons (Fsp3) is 0.462. The normalized spacial score (nSPS) is 14.1. The van der Waals surface area contributed by atoms with Gasteiger partial charge in [0.25, 0.3) is 5.91 Å². The summed E-state index contributed by atoms with van der Waals surface area (Å²) in [5.41, 5.74) is 4.20. The molecular formula is C13H17N5O2. The van der Waals surface area contributed by atoms with Gasteiger partial charge in [0, 0.05) is 42.9 Å². The minimum absolute atomic E-state index is 0.175. The molecule has 3 rings (SSSR count). The average Bonchev–Trinajstić information content (AvgIpc) is 3.01. The zero-order chi connectivity index (χ0) is 14.1. The molecule has 0 unspecified atom stereocenters. The van der Waals surface area contributed by atoms with Crippen molar-refractivity contribution in [1.82, 2.24) is 26.0 Å². The molecule has 7 nitrogen and oxygen atoms in total. The minimum atomic E-state index is -0.175. The summed E-state index contributed by atoms with van der Waals surface area (Å²) >= 11 is 0. The lowest BCUT2D eigenvalue weighted by molar-refractivity contribution is 0.0944. The van der Waals surface area contributed by atoms with Gasteiger partial charge in [0.2, 0.25) is 0 Å². The summed E-state index contributed by atoms with van der Waals surface area (Å²) in [5.74, 6) is 0.555. The van der Waals surface area contributed by atoms with Crippen molar-refractivity contribution in [3.8, 4) is 0 Å². The molecule has 3 N–H and O–H groups in total. The second-order valence-electron chi connectivity index (χ2n) is 4.94. The molecule has 7 heteroatoms. The number of fused-ring (bicyclic) bond motifs is 1. The summed E-state index contributed by atoms with van der Waals surface area (Å²) < 4.78 is 5.08. The zero-order valence-electron chi connectivity index (χ0n) is 11.5. The maximum absolute atomic E-state index is 12.2. The third kappa shape index (κ3) is 2.20. The molecule has 0 atom stereocenters. The van der Waals surface area contributed by atoms with Gasteiger partial charge in [0.05, 0.1) is 5.69 Å². The second kappa shape index (κ2) is 5.09. The number of nitrogens with zero attached hydrogens (tertiary/aromatic N) is 2. The van der Waals surface area contributed by atoms with Crippen LogP contribution in [-0.4, -0.2) is 27.8 Å². The summed E-state index contributed by atoms with van der Waals surface area (Å²) in [5, 5.41) is 17.1. The molecule has 2 aromatic heterocycles. The van der Waals surface area contributed by atoms with E-state index in [-0.39, 0.29) is 5.91 Å². The fourth-order valence-electron chi connectivity index (χ4n) is 2.42. The standard InChI is InChI=1S/C13H17N5O2/c1-7-9(8(2)20-18-7)6-15-13(19)12-10-5-14-4-3-11(10)16-17-12/h14H,3-6H2,1-2H3,(H,15,19)(H,16,17). The van der Waals surface area contributed by atoms with Crippen LogP contribution in [0.2, 0.25) is 0 Å². The van der Waals surface area contributed by atoms with Gasteiger partial charge < -0.3 is 15.2 Å². The molecule has 0 bridgehead atoms. The third-order valence-electron chi connectivity index (χ3n) is 3.63. The maximum atomic E-state index is 12.2. The number of hydrogen-bond acceptors (Lipinski definition) is 5. The van der Waals surface area contributed by atoms with E-state index in [1.54, 1.807) is 0 Å². The first kappa shape index (κ1) is 12.9. The van der Waals surface area contributed by atoms with E-state index in [9.17, 15) is 4.79 Å². The van der Waals surface area contributed by atoms with Gasteiger partial charge in [0.1, 0.15) is 5.76 Å². The highest BCUT2D eigenvalue weighted by Crippen LogP contribution is 2.16. The van der Waals surface area contributed by atoms with Crippen molar-refractivity contribution in [3.63, 3.8) is 0 Å². The second-order valence-corrected chi connectivity index (χ2v) is 4.94. The van der Waals surface area contributed by atoms with Gasteiger partial charge in [-0.1, -0.05) is 5.16 Å². The van der Waals surface area contributed by atoms with Crippen LogP contribution in [0.1, 0.15) is 38.8 Å². The highest BCUT2D eigenvalue weighted by molar-refractivity contribution is 5.94. The Bertz CT molecular complexity index is 624. The van der Waals surface area contributed by atoms with Crippen molar-refractivity contribution < 1.29 is 9.32 Å². The molecule has 0 spiro atoms. The summed E-state index contributed by atoms with van der Waals surface area (Å²) in [6.45, 7) is 5.68. The molecular weight excluding hydrogens is 258 g/mol. The predicted molar refractivity (Wildman–Crippen MR) is 71.1 cm³/mol. The Morgan fingerprint density at radius 2 is 2.30 bits per heavy atom. The van der Waals surface area contributed by atoms with Crippen molar-refractivity contribution in [2.45, 2.75) is 33.4 Å². The van der Waals surface area contributed by atoms with Gasteiger partial charge in [-0.3, -0.25) is 9.89 Å². The average molecular weight is 275 g/mol. The number of carbonyl (C=O) groups is 1.